The molecule has 5 heteroatoms. The van der Waals surface area contributed by atoms with E-state index in [0.717, 1.165) is 11.3 Å². The molecule has 0 spiro atoms. The van der Waals surface area contributed by atoms with E-state index in [1.165, 1.54) is 12.1 Å². The number of nitrogen functional groups attached to an aromatic ring is 1. The van der Waals surface area contributed by atoms with E-state index in [1.54, 1.807) is 18.2 Å². The van der Waals surface area contributed by atoms with Gasteiger partial charge in [-0.05, 0) is 24.6 Å². The summed E-state index contributed by atoms with van der Waals surface area (Å²) in [5.41, 5.74) is 8.38. The number of benzene rings is 2. The van der Waals surface area contributed by atoms with Gasteiger partial charge in [-0.2, -0.15) is 0 Å². The predicted molar refractivity (Wildman–Crippen MR) is 80.3 cm³/mol. The molecule has 1 heterocycles. The van der Waals surface area contributed by atoms with Crippen molar-refractivity contribution in [2.24, 2.45) is 0 Å². The van der Waals surface area contributed by atoms with Gasteiger partial charge in [-0.3, -0.25) is 0 Å². The van der Waals surface area contributed by atoms with Crippen molar-refractivity contribution < 1.29 is 13.9 Å². The summed E-state index contributed by atoms with van der Waals surface area (Å²) in [5, 5.41) is 3.31. The summed E-state index contributed by atoms with van der Waals surface area (Å²) < 4.78 is 24.0. The molecular weight excluding hydrogens is 271 g/mol. The Labute approximate surface area is 122 Å². The van der Waals surface area contributed by atoms with Gasteiger partial charge < -0.3 is 20.5 Å². The molecule has 0 radical (unpaired) electrons. The first-order chi connectivity index (χ1) is 10.1. The zero-order valence-corrected chi connectivity index (χ0v) is 11.7. The standard InChI is InChI=1S/C16H17FN2O2/c1-10(11-2-4-12(17)5-3-11)19-14-9-16-15(8-13(14)18)20-6-7-21-16/h2-5,8-10,19H,6-7,18H2,1H3. The SMILES string of the molecule is CC(Nc1cc2c(cc1N)OCCO2)c1ccc(F)cc1. The highest BCUT2D eigenvalue weighted by molar-refractivity contribution is 5.72. The summed E-state index contributed by atoms with van der Waals surface area (Å²) in [7, 11) is 0. The molecule has 110 valence electrons. The van der Waals surface area contributed by atoms with E-state index >= 15 is 0 Å². The second-order valence-electron chi connectivity index (χ2n) is 5.00. The Kier molecular flexibility index (Phi) is 3.56. The van der Waals surface area contributed by atoms with Crippen molar-refractivity contribution in [1.29, 1.82) is 0 Å². The van der Waals surface area contributed by atoms with Crippen molar-refractivity contribution >= 4 is 11.4 Å². The first-order valence-electron chi connectivity index (χ1n) is 6.84. The zero-order chi connectivity index (χ0) is 14.8. The van der Waals surface area contributed by atoms with Crippen LogP contribution in [0.3, 0.4) is 0 Å². The Morgan fingerprint density at radius 1 is 1.10 bits per heavy atom. The molecule has 3 rings (SSSR count). The van der Waals surface area contributed by atoms with Gasteiger partial charge in [0.15, 0.2) is 11.5 Å². The Balaban J connectivity index is 1.82. The molecule has 4 nitrogen and oxygen atoms in total. The third kappa shape index (κ3) is 2.86. The van der Waals surface area contributed by atoms with Crippen LogP contribution in [0.5, 0.6) is 11.5 Å². The van der Waals surface area contributed by atoms with Gasteiger partial charge in [0, 0.05) is 18.2 Å². The fourth-order valence-corrected chi connectivity index (χ4v) is 2.30. The lowest BCUT2D eigenvalue weighted by molar-refractivity contribution is 0.172. The van der Waals surface area contributed by atoms with E-state index in [1.807, 2.05) is 13.0 Å². The topological polar surface area (TPSA) is 56.5 Å². The molecule has 0 fully saturated rings. The molecule has 1 atom stereocenters. The van der Waals surface area contributed by atoms with Crippen molar-refractivity contribution in [2.75, 3.05) is 24.3 Å². The number of hydrogen-bond donors (Lipinski definition) is 2. The minimum absolute atomic E-state index is 0.00420. The van der Waals surface area contributed by atoms with Crippen LogP contribution in [0.2, 0.25) is 0 Å². The molecule has 0 amide bonds. The van der Waals surface area contributed by atoms with Crippen LogP contribution in [0.15, 0.2) is 36.4 Å². The van der Waals surface area contributed by atoms with E-state index in [2.05, 4.69) is 5.32 Å². The van der Waals surface area contributed by atoms with Crippen LogP contribution < -0.4 is 20.5 Å². The number of halogens is 1. The van der Waals surface area contributed by atoms with E-state index in [0.29, 0.717) is 30.4 Å². The number of rotatable bonds is 3. The first kappa shape index (κ1) is 13.5. The maximum absolute atomic E-state index is 13.0. The number of ether oxygens (including phenoxy) is 2. The average Bonchev–Trinajstić information content (AvgIpc) is 2.48. The van der Waals surface area contributed by atoms with Crippen LogP contribution in [0.25, 0.3) is 0 Å². The Hall–Kier alpha value is -2.43. The molecule has 2 aromatic rings. The van der Waals surface area contributed by atoms with E-state index < -0.39 is 0 Å². The van der Waals surface area contributed by atoms with Gasteiger partial charge in [0.1, 0.15) is 19.0 Å². The summed E-state index contributed by atoms with van der Waals surface area (Å²) in [5.74, 6) is 1.10. The molecule has 1 aliphatic rings. The molecule has 2 aromatic carbocycles. The number of nitrogens with one attached hydrogen (secondary N) is 1. The number of anilines is 2. The van der Waals surface area contributed by atoms with Crippen LogP contribution >= 0.6 is 0 Å². The maximum Gasteiger partial charge on any atom is 0.163 e. The lowest BCUT2D eigenvalue weighted by Crippen LogP contribution is -2.16. The van der Waals surface area contributed by atoms with Crippen LogP contribution in [0.4, 0.5) is 15.8 Å². The van der Waals surface area contributed by atoms with Gasteiger partial charge in [0.2, 0.25) is 0 Å². The lowest BCUT2D eigenvalue weighted by Gasteiger charge is -2.22. The molecule has 21 heavy (non-hydrogen) atoms. The summed E-state index contributed by atoms with van der Waals surface area (Å²) in [6, 6.07) is 9.98. The molecule has 0 saturated carbocycles. The maximum atomic E-state index is 13.0. The minimum Gasteiger partial charge on any atom is -0.486 e. The van der Waals surface area contributed by atoms with E-state index in [9.17, 15) is 4.39 Å². The third-order valence-electron chi connectivity index (χ3n) is 3.46. The Morgan fingerprint density at radius 3 is 2.38 bits per heavy atom. The minimum atomic E-state index is -0.246. The van der Waals surface area contributed by atoms with Crippen molar-refractivity contribution in [1.82, 2.24) is 0 Å². The summed E-state index contributed by atoms with van der Waals surface area (Å²) >= 11 is 0. The Bertz CT molecular complexity index is 643. The molecular formula is C16H17FN2O2. The number of fused-ring (bicyclic) bond motifs is 1. The van der Waals surface area contributed by atoms with Crippen LogP contribution in [0.1, 0.15) is 18.5 Å². The quantitative estimate of drug-likeness (QED) is 0.850. The first-order valence-corrected chi connectivity index (χ1v) is 6.84. The monoisotopic (exact) mass is 288 g/mol. The largest absolute Gasteiger partial charge is 0.486 e. The lowest BCUT2D eigenvalue weighted by atomic mass is 10.1. The van der Waals surface area contributed by atoms with Gasteiger partial charge in [-0.25, -0.2) is 4.39 Å². The molecule has 0 aromatic heterocycles. The van der Waals surface area contributed by atoms with Crippen molar-refractivity contribution in [3.63, 3.8) is 0 Å². The number of nitrogens with two attached hydrogens (primary N) is 1. The smallest absolute Gasteiger partial charge is 0.163 e. The number of hydrogen-bond acceptors (Lipinski definition) is 4. The molecule has 1 unspecified atom stereocenters. The third-order valence-corrected chi connectivity index (χ3v) is 3.46. The van der Waals surface area contributed by atoms with Crippen molar-refractivity contribution in [2.45, 2.75) is 13.0 Å². The fraction of sp³-hybridized carbons (Fsp3) is 0.250. The summed E-state index contributed by atoms with van der Waals surface area (Å²) in [4.78, 5) is 0. The molecule has 0 bridgehead atoms. The van der Waals surface area contributed by atoms with Crippen molar-refractivity contribution in [3.05, 3.63) is 47.8 Å². The van der Waals surface area contributed by atoms with Crippen LogP contribution in [-0.4, -0.2) is 13.2 Å². The van der Waals surface area contributed by atoms with Gasteiger partial charge in [0.05, 0.1) is 11.4 Å². The molecule has 1 aliphatic heterocycles. The highest BCUT2D eigenvalue weighted by atomic mass is 19.1. The molecule has 0 saturated heterocycles. The van der Waals surface area contributed by atoms with Gasteiger partial charge in [-0.15, -0.1) is 0 Å². The highest BCUT2D eigenvalue weighted by Crippen LogP contribution is 2.38. The molecule has 3 N–H and O–H groups in total. The fourth-order valence-electron chi connectivity index (χ4n) is 2.30. The van der Waals surface area contributed by atoms with Gasteiger partial charge in [-0.1, -0.05) is 12.1 Å². The van der Waals surface area contributed by atoms with Gasteiger partial charge >= 0.3 is 0 Å². The van der Waals surface area contributed by atoms with Gasteiger partial charge in [0.25, 0.3) is 0 Å². The van der Waals surface area contributed by atoms with Crippen LogP contribution in [-0.2, 0) is 0 Å². The summed E-state index contributed by atoms with van der Waals surface area (Å²) in [6.45, 7) is 3.05. The zero-order valence-electron chi connectivity index (χ0n) is 11.7. The normalized spacial score (nSPS) is 14.6. The van der Waals surface area contributed by atoms with E-state index in [-0.39, 0.29) is 11.9 Å². The Morgan fingerprint density at radius 2 is 1.71 bits per heavy atom. The van der Waals surface area contributed by atoms with Crippen LogP contribution in [0, 0.1) is 5.82 Å². The molecule has 0 aliphatic carbocycles. The van der Waals surface area contributed by atoms with Crippen molar-refractivity contribution in [3.8, 4) is 11.5 Å². The van der Waals surface area contributed by atoms with E-state index in [4.69, 9.17) is 15.2 Å². The summed E-state index contributed by atoms with van der Waals surface area (Å²) in [6.07, 6.45) is 0. The predicted octanol–water partition coefficient (Wildman–Crippen LogP) is 3.35. The second kappa shape index (κ2) is 5.52. The highest BCUT2D eigenvalue weighted by Gasteiger charge is 2.16. The second-order valence-corrected chi connectivity index (χ2v) is 5.00. The average molecular weight is 288 g/mol.